The van der Waals surface area contributed by atoms with Crippen molar-refractivity contribution in [1.82, 2.24) is 4.90 Å². The van der Waals surface area contributed by atoms with Gasteiger partial charge in [0, 0.05) is 30.9 Å². The summed E-state index contributed by atoms with van der Waals surface area (Å²) in [5.74, 6) is 0.656. The Hall–Kier alpha value is 0.210. The SMILES string of the molecule is CC1(C)CN(CCCl)CC1O. The summed E-state index contributed by atoms with van der Waals surface area (Å²) < 4.78 is 0. The molecule has 1 N–H and O–H groups in total. The van der Waals surface area contributed by atoms with Gasteiger partial charge in [0.05, 0.1) is 6.10 Å². The molecule has 0 amide bonds. The molecule has 1 rings (SSSR count). The van der Waals surface area contributed by atoms with Crippen molar-refractivity contribution in [2.24, 2.45) is 5.41 Å². The zero-order chi connectivity index (χ0) is 8.48. The second kappa shape index (κ2) is 3.30. The molecule has 0 bridgehead atoms. The zero-order valence-corrected chi connectivity index (χ0v) is 7.93. The largest absolute Gasteiger partial charge is 0.391 e. The Morgan fingerprint density at radius 1 is 1.64 bits per heavy atom. The highest BCUT2D eigenvalue weighted by Crippen LogP contribution is 2.28. The van der Waals surface area contributed by atoms with E-state index in [-0.39, 0.29) is 11.5 Å². The van der Waals surface area contributed by atoms with E-state index in [2.05, 4.69) is 18.7 Å². The van der Waals surface area contributed by atoms with Gasteiger partial charge in [0.1, 0.15) is 0 Å². The van der Waals surface area contributed by atoms with Crippen LogP contribution in [0.15, 0.2) is 0 Å². The summed E-state index contributed by atoms with van der Waals surface area (Å²) in [6, 6.07) is 0. The van der Waals surface area contributed by atoms with Crippen LogP contribution in [-0.2, 0) is 0 Å². The van der Waals surface area contributed by atoms with Crippen LogP contribution in [0.3, 0.4) is 0 Å². The molecule has 0 aliphatic carbocycles. The predicted molar refractivity (Wildman–Crippen MR) is 46.9 cm³/mol. The summed E-state index contributed by atoms with van der Waals surface area (Å²) in [4.78, 5) is 2.21. The first-order valence-electron chi connectivity index (χ1n) is 4.02. The number of hydrogen-bond donors (Lipinski definition) is 1. The molecule has 0 spiro atoms. The van der Waals surface area contributed by atoms with Gasteiger partial charge in [-0.2, -0.15) is 0 Å². The Morgan fingerprint density at radius 3 is 2.64 bits per heavy atom. The van der Waals surface area contributed by atoms with E-state index < -0.39 is 0 Å². The molecule has 1 heterocycles. The number of nitrogens with zero attached hydrogens (tertiary/aromatic N) is 1. The van der Waals surface area contributed by atoms with Gasteiger partial charge >= 0.3 is 0 Å². The van der Waals surface area contributed by atoms with Crippen molar-refractivity contribution >= 4 is 11.6 Å². The number of β-amino-alcohol motifs (C(OH)–C–C–N with tert-alkyl or cyclic N) is 1. The van der Waals surface area contributed by atoms with Gasteiger partial charge in [-0.1, -0.05) is 13.8 Å². The van der Waals surface area contributed by atoms with Crippen LogP contribution in [0.1, 0.15) is 13.8 Å². The van der Waals surface area contributed by atoms with Crippen molar-refractivity contribution in [3.05, 3.63) is 0 Å². The van der Waals surface area contributed by atoms with E-state index in [1.807, 2.05) is 0 Å². The highest BCUT2D eigenvalue weighted by Gasteiger charge is 2.37. The van der Waals surface area contributed by atoms with Gasteiger partial charge in [0.25, 0.3) is 0 Å². The van der Waals surface area contributed by atoms with Crippen LogP contribution in [0, 0.1) is 5.41 Å². The lowest BCUT2D eigenvalue weighted by Crippen LogP contribution is -2.26. The Kier molecular flexibility index (Phi) is 2.79. The van der Waals surface area contributed by atoms with Crippen LogP contribution in [0.25, 0.3) is 0 Å². The van der Waals surface area contributed by atoms with E-state index in [1.165, 1.54) is 0 Å². The van der Waals surface area contributed by atoms with Gasteiger partial charge in [-0.3, -0.25) is 4.90 Å². The van der Waals surface area contributed by atoms with E-state index in [4.69, 9.17) is 11.6 Å². The third-order valence-corrected chi connectivity index (χ3v) is 2.53. The number of aliphatic hydroxyl groups is 1. The van der Waals surface area contributed by atoms with Crippen molar-refractivity contribution in [2.75, 3.05) is 25.5 Å². The average molecular weight is 178 g/mol. The summed E-state index contributed by atoms with van der Waals surface area (Å²) >= 11 is 5.60. The van der Waals surface area contributed by atoms with Crippen molar-refractivity contribution in [3.8, 4) is 0 Å². The highest BCUT2D eigenvalue weighted by atomic mass is 35.5. The summed E-state index contributed by atoms with van der Waals surface area (Å²) in [7, 11) is 0. The zero-order valence-electron chi connectivity index (χ0n) is 7.18. The normalized spacial score (nSPS) is 31.1. The number of halogens is 1. The molecule has 1 saturated heterocycles. The molecule has 66 valence electrons. The Balaban J connectivity index is 2.43. The first-order valence-corrected chi connectivity index (χ1v) is 4.56. The molecule has 0 aromatic rings. The standard InChI is InChI=1S/C8H16ClNO/c1-8(2)6-10(4-3-9)5-7(8)11/h7,11H,3-6H2,1-2H3. The molecule has 2 nitrogen and oxygen atoms in total. The van der Waals surface area contributed by atoms with Crippen molar-refractivity contribution in [2.45, 2.75) is 20.0 Å². The van der Waals surface area contributed by atoms with Crippen LogP contribution in [-0.4, -0.2) is 41.6 Å². The molecule has 1 unspecified atom stereocenters. The van der Waals surface area contributed by atoms with Gasteiger partial charge in [-0.05, 0) is 0 Å². The maximum Gasteiger partial charge on any atom is 0.0730 e. The average Bonchev–Trinajstić information content (AvgIpc) is 2.08. The van der Waals surface area contributed by atoms with Gasteiger partial charge in [0.15, 0.2) is 0 Å². The molecule has 0 aromatic carbocycles. The van der Waals surface area contributed by atoms with Crippen LogP contribution in [0.2, 0.25) is 0 Å². The minimum absolute atomic E-state index is 0.0477. The van der Waals surface area contributed by atoms with Gasteiger partial charge in [0.2, 0.25) is 0 Å². The second-order valence-electron chi connectivity index (χ2n) is 3.93. The fraction of sp³-hybridized carbons (Fsp3) is 1.00. The number of alkyl halides is 1. The van der Waals surface area contributed by atoms with E-state index >= 15 is 0 Å². The lowest BCUT2D eigenvalue weighted by atomic mass is 9.90. The number of rotatable bonds is 2. The first-order chi connectivity index (χ1) is 5.06. The third kappa shape index (κ3) is 2.08. The Morgan fingerprint density at radius 2 is 2.27 bits per heavy atom. The molecule has 11 heavy (non-hydrogen) atoms. The van der Waals surface area contributed by atoms with Gasteiger partial charge in [-0.25, -0.2) is 0 Å². The van der Waals surface area contributed by atoms with Crippen LogP contribution >= 0.6 is 11.6 Å². The number of hydrogen-bond acceptors (Lipinski definition) is 2. The quantitative estimate of drug-likeness (QED) is 0.635. The Labute approximate surface area is 73.1 Å². The molecular formula is C8H16ClNO. The minimum Gasteiger partial charge on any atom is -0.391 e. The molecule has 1 atom stereocenters. The topological polar surface area (TPSA) is 23.5 Å². The van der Waals surface area contributed by atoms with Gasteiger partial charge in [-0.15, -0.1) is 11.6 Å². The molecule has 3 heteroatoms. The third-order valence-electron chi connectivity index (χ3n) is 2.37. The highest BCUT2D eigenvalue weighted by molar-refractivity contribution is 6.18. The lowest BCUT2D eigenvalue weighted by Gasteiger charge is -2.20. The lowest BCUT2D eigenvalue weighted by molar-refractivity contribution is 0.0956. The van der Waals surface area contributed by atoms with Crippen LogP contribution < -0.4 is 0 Å². The van der Waals surface area contributed by atoms with E-state index in [9.17, 15) is 5.11 Å². The smallest absolute Gasteiger partial charge is 0.0730 e. The fourth-order valence-corrected chi connectivity index (χ4v) is 1.77. The maximum absolute atomic E-state index is 9.57. The summed E-state index contributed by atoms with van der Waals surface area (Å²) in [5.41, 5.74) is 0.0477. The van der Waals surface area contributed by atoms with Crippen molar-refractivity contribution < 1.29 is 5.11 Å². The van der Waals surface area contributed by atoms with Crippen LogP contribution in [0.4, 0.5) is 0 Å². The summed E-state index contributed by atoms with van der Waals surface area (Å²) in [6.45, 7) is 6.81. The second-order valence-corrected chi connectivity index (χ2v) is 4.31. The molecule has 1 aliphatic rings. The first kappa shape index (κ1) is 9.30. The number of likely N-dealkylation sites (tertiary alicyclic amines) is 1. The minimum atomic E-state index is -0.189. The fourth-order valence-electron chi connectivity index (χ4n) is 1.53. The molecule has 0 radical (unpaired) electrons. The van der Waals surface area contributed by atoms with Crippen molar-refractivity contribution in [1.29, 1.82) is 0 Å². The predicted octanol–water partition coefficient (Wildman–Crippen LogP) is 0.928. The van der Waals surface area contributed by atoms with Crippen LogP contribution in [0.5, 0.6) is 0 Å². The molecule has 0 saturated carbocycles. The summed E-state index contributed by atoms with van der Waals surface area (Å²) in [6.07, 6.45) is -0.189. The van der Waals surface area contributed by atoms with E-state index in [0.717, 1.165) is 19.6 Å². The number of aliphatic hydroxyl groups excluding tert-OH is 1. The maximum atomic E-state index is 9.57. The van der Waals surface area contributed by atoms with E-state index in [0.29, 0.717) is 5.88 Å². The van der Waals surface area contributed by atoms with Gasteiger partial charge < -0.3 is 5.11 Å². The monoisotopic (exact) mass is 177 g/mol. The molecular weight excluding hydrogens is 162 g/mol. The molecule has 0 aromatic heterocycles. The Bertz CT molecular complexity index is 138. The summed E-state index contributed by atoms with van der Waals surface area (Å²) in [5, 5.41) is 9.57. The van der Waals surface area contributed by atoms with E-state index in [1.54, 1.807) is 0 Å². The van der Waals surface area contributed by atoms with Crippen molar-refractivity contribution in [3.63, 3.8) is 0 Å². The molecule has 1 fully saturated rings. The molecule has 1 aliphatic heterocycles.